The summed E-state index contributed by atoms with van der Waals surface area (Å²) in [7, 11) is 4.62. The van der Waals surface area contributed by atoms with Crippen LogP contribution in [0.15, 0.2) is 66.7 Å². The monoisotopic (exact) mass is 377 g/mol. The first-order valence-electron chi connectivity index (χ1n) is 8.89. The summed E-state index contributed by atoms with van der Waals surface area (Å²) in [4.78, 5) is 13.0. The minimum absolute atomic E-state index is 0.194. The summed E-state index contributed by atoms with van der Waals surface area (Å²) in [6.07, 6.45) is 0.680. The van der Waals surface area contributed by atoms with Crippen molar-refractivity contribution in [2.75, 3.05) is 26.6 Å². The quantitative estimate of drug-likeness (QED) is 0.656. The fourth-order valence-corrected chi connectivity index (χ4v) is 3.06. The molecule has 1 N–H and O–H groups in total. The summed E-state index contributed by atoms with van der Waals surface area (Å²) >= 11 is 0. The number of anilines is 1. The number of carbonyl (C=O) groups excluding carboxylic acids is 1. The molecule has 0 saturated carbocycles. The lowest BCUT2D eigenvalue weighted by atomic mass is 9.99. The summed E-state index contributed by atoms with van der Waals surface area (Å²) in [5.41, 5.74) is 3.29. The van der Waals surface area contributed by atoms with Crippen molar-refractivity contribution in [2.24, 2.45) is 0 Å². The third-order valence-corrected chi connectivity index (χ3v) is 4.42. The molecule has 0 saturated heterocycles. The molecule has 5 nitrogen and oxygen atoms in total. The zero-order valence-electron chi connectivity index (χ0n) is 16.2. The summed E-state index contributed by atoms with van der Waals surface area (Å²) < 4.78 is 16.0. The zero-order chi connectivity index (χ0) is 19.9. The van der Waals surface area contributed by atoms with E-state index in [0.29, 0.717) is 34.9 Å². The lowest BCUT2D eigenvalue weighted by Gasteiger charge is -2.15. The molecular weight excluding hydrogens is 354 g/mol. The van der Waals surface area contributed by atoms with Gasteiger partial charge in [-0.15, -0.1) is 0 Å². The average Bonchev–Trinajstić information content (AvgIpc) is 2.74. The van der Waals surface area contributed by atoms with Crippen LogP contribution >= 0.6 is 0 Å². The largest absolute Gasteiger partial charge is 0.493 e. The lowest BCUT2D eigenvalue weighted by molar-refractivity contribution is 0.102. The van der Waals surface area contributed by atoms with Crippen molar-refractivity contribution in [3.63, 3.8) is 0 Å². The van der Waals surface area contributed by atoms with Gasteiger partial charge in [0.15, 0.2) is 11.5 Å². The molecule has 28 heavy (non-hydrogen) atoms. The van der Waals surface area contributed by atoms with Crippen LogP contribution in [-0.2, 0) is 6.42 Å². The molecule has 0 bridgehead atoms. The first-order chi connectivity index (χ1) is 13.7. The first-order valence-corrected chi connectivity index (χ1v) is 8.89. The first kappa shape index (κ1) is 19.3. The lowest BCUT2D eigenvalue weighted by Crippen LogP contribution is -2.14. The van der Waals surface area contributed by atoms with Crippen LogP contribution < -0.4 is 19.5 Å². The highest BCUT2D eigenvalue weighted by atomic mass is 16.5. The highest BCUT2D eigenvalue weighted by Crippen LogP contribution is 2.40. The minimum atomic E-state index is -0.194. The molecule has 0 unspecified atom stereocenters. The average molecular weight is 377 g/mol. The summed E-state index contributed by atoms with van der Waals surface area (Å²) in [6.45, 7) is 0. The number of hydrogen-bond donors (Lipinski definition) is 1. The molecule has 1 amide bonds. The second-order valence-corrected chi connectivity index (χ2v) is 6.19. The molecule has 0 atom stereocenters. The van der Waals surface area contributed by atoms with Crippen molar-refractivity contribution in [1.29, 1.82) is 0 Å². The fraction of sp³-hybridized carbons (Fsp3) is 0.174. The maximum absolute atomic E-state index is 13.0. The minimum Gasteiger partial charge on any atom is -0.493 e. The van der Waals surface area contributed by atoms with Crippen molar-refractivity contribution < 1.29 is 19.0 Å². The topological polar surface area (TPSA) is 56.8 Å². The van der Waals surface area contributed by atoms with E-state index in [4.69, 9.17) is 14.2 Å². The van der Waals surface area contributed by atoms with Crippen LogP contribution in [0.3, 0.4) is 0 Å². The van der Waals surface area contributed by atoms with Crippen molar-refractivity contribution >= 4 is 11.6 Å². The van der Waals surface area contributed by atoms with E-state index in [9.17, 15) is 4.79 Å². The smallest absolute Gasteiger partial charge is 0.255 e. The van der Waals surface area contributed by atoms with Gasteiger partial charge in [-0.3, -0.25) is 4.79 Å². The highest BCUT2D eigenvalue weighted by Gasteiger charge is 2.16. The molecule has 0 aromatic heterocycles. The second-order valence-electron chi connectivity index (χ2n) is 6.19. The Kier molecular flexibility index (Phi) is 6.17. The molecule has 3 aromatic rings. The van der Waals surface area contributed by atoms with Crippen molar-refractivity contribution in [3.8, 4) is 17.2 Å². The molecular formula is C23H23NO4. The van der Waals surface area contributed by atoms with E-state index in [1.807, 2.05) is 54.6 Å². The number of methoxy groups -OCH3 is 3. The normalized spacial score (nSPS) is 10.2. The predicted octanol–water partition coefficient (Wildman–Crippen LogP) is 4.56. The van der Waals surface area contributed by atoms with Crippen molar-refractivity contribution in [2.45, 2.75) is 6.42 Å². The Morgan fingerprint density at radius 1 is 0.821 bits per heavy atom. The molecule has 3 rings (SSSR count). The van der Waals surface area contributed by atoms with Crippen LogP contribution in [0.25, 0.3) is 0 Å². The van der Waals surface area contributed by atoms with Crippen LogP contribution in [0.4, 0.5) is 5.69 Å². The van der Waals surface area contributed by atoms with Gasteiger partial charge >= 0.3 is 0 Å². The van der Waals surface area contributed by atoms with Gasteiger partial charge in [-0.2, -0.15) is 0 Å². The van der Waals surface area contributed by atoms with Gasteiger partial charge in [0, 0.05) is 23.4 Å². The van der Waals surface area contributed by atoms with E-state index < -0.39 is 0 Å². The Bertz CT molecular complexity index is 929. The van der Waals surface area contributed by atoms with Gasteiger partial charge in [0.2, 0.25) is 5.75 Å². The number of carbonyl (C=O) groups is 1. The van der Waals surface area contributed by atoms with E-state index in [2.05, 4.69) is 5.32 Å². The summed E-state index contributed by atoms with van der Waals surface area (Å²) in [6, 6.07) is 21.1. The molecule has 0 fully saturated rings. The van der Waals surface area contributed by atoms with Gasteiger partial charge in [0.25, 0.3) is 5.91 Å². The third-order valence-electron chi connectivity index (χ3n) is 4.42. The van der Waals surface area contributed by atoms with E-state index in [1.54, 1.807) is 19.2 Å². The Balaban J connectivity index is 1.88. The van der Waals surface area contributed by atoms with E-state index in [-0.39, 0.29) is 5.91 Å². The molecule has 5 heteroatoms. The number of benzene rings is 3. The van der Waals surface area contributed by atoms with E-state index in [1.165, 1.54) is 14.2 Å². The molecule has 0 radical (unpaired) electrons. The van der Waals surface area contributed by atoms with Crippen LogP contribution in [0, 0.1) is 0 Å². The summed E-state index contributed by atoms with van der Waals surface area (Å²) in [5, 5.41) is 2.93. The molecule has 3 aromatic carbocycles. The maximum Gasteiger partial charge on any atom is 0.255 e. The van der Waals surface area contributed by atoms with E-state index >= 15 is 0 Å². The van der Waals surface area contributed by atoms with Crippen LogP contribution in [0.1, 0.15) is 21.5 Å². The van der Waals surface area contributed by atoms with Crippen molar-refractivity contribution in [3.05, 3.63) is 83.4 Å². The maximum atomic E-state index is 13.0. The molecule has 0 aliphatic heterocycles. The molecule has 0 aliphatic rings. The number of nitrogens with one attached hydrogen (secondary N) is 1. The number of amides is 1. The van der Waals surface area contributed by atoms with Gasteiger partial charge in [0.1, 0.15) is 0 Å². The van der Waals surface area contributed by atoms with Gasteiger partial charge in [-0.1, -0.05) is 48.5 Å². The van der Waals surface area contributed by atoms with Gasteiger partial charge in [0.05, 0.1) is 21.3 Å². The molecule has 144 valence electrons. The number of ether oxygens (including phenoxy) is 3. The predicted molar refractivity (Wildman–Crippen MR) is 110 cm³/mol. The second kappa shape index (κ2) is 8.95. The molecule has 0 spiro atoms. The Labute approximate surface area is 164 Å². The van der Waals surface area contributed by atoms with Crippen LogP contribution in [0.2, 0.25) is 0 Å². The van der Waals surface area contributed by atoms with Crippen LogP contribution in [-0.4, -0.2) is 27.2 Å². The standard InChI is InChI=1S/C23H23NO4/c1-26-20-14-18(15-21(27-2)22(20)28-3)24-23(25)19-12-8-7-11-17(19)13-16-9-5-4-6-10-16/h4-12,14-15H,13H2,1-3H3,(H,24,25). The summed E-state index contributed by atoms with van der Waals surface area (Å²) in [5.74, 6) is 1.25. The Morgan fingerprint density at radius 3 is 2.04 bits per heavy atom. The zero-order valence-corrected chi connectivity index (χ0v) is 16.2. The fourth-order valence-electron chi connectivity index (χ4n) is 3.06. The van der Waals surface area contributed by atoms with Gasteiger partial charge < -0.3 is 19.5 Å². The molecule has 0 aliphatic carbocycles. The highest BCUT2D eigenvalue weighted by molar-refractivity contribution is 6.05. The number of rotatable bonds is 7. The van der Waals surface area contributed by atoms with Crippen molar-refractivity contribution in [1.82, 2.24) is 0 Å². The SMILES string of the molecule is COc1cc(NC(=O)c2ccccc2Cc2ccccc2)cc(OC)c1OC. The Hall–Kier alpha value is -3.47. The third kappa shape index (κ3) is 4.26. The number of hydrogen-bond acceptors (Lipinski definition) is 4. The van der Waals surface area contributed by atoms with Gasteiger partial charge in [-0.05, 0) is 23.6 Å². The molecule has 0 heterocycles. The Morgan fingerprint density at radius 2 is 1.43 bits per heavy atom. The van der Waals surface area contributed by atoms with Crippen LogP contribution in [0.5, 0.6) is 17.2 Å². The van der Waals surface area contributed by atoms with Gasteiger partial charge in [-0.25, -0.2) is 0 Å². The van der Waals surface area contributed by atoms with E-state index in [0.717, 1.165) is 11.1 Å².